The zero-order valence-electron chi connectivity index (χ0n) is 8.40. The van der Waals surface area contributed by atoms with Gasteiger partial charge in [-0.1, -0.05) is 0 Å². The molecule has 2 saturated heterocycles. The van der Waals surface area contributed by atoms with Crippen LogP contribution in [0.1, 0.15) is 0 Å². The van der Waals surface area contributed by atoms with E-state index in [2.05, 4.69) is 10.7 Å². The van der Waals surface area contributed by atoms with Crippen molar-refractivity contribution >= 4 is 11.9 Å². The fourth-order valence-corrected chi connectivity index (χ4v) is 2.06. The summed E-state index contributed by atoms with van der Waals surface area (Å²) in [4.78, 5) is 26.2. The van der Waals surface area contributed by atoms with Gasteiger partial charge in [-0.3, -0.25) is 15.1 Å². The number of nitrogens with one attached hydrogen (secondary N) is 2. The van der Waals surface area contributed by atoms with Gasteiger partial charge in [-0.05, 0) is 0 Å². The highest BCUT2D eigenvalue weighted by Crippen LogP contribution is 2.13. The normalized spacial score (nSPS) is 26.1. The SMILES string of the molecule is NNC(=O)CN1CCN2C(=O)NCC2C1. The fraction of sp³-hybridized carbons (Fsp3) is 0.750. The lowest BCUT2D eigenvalue weighted by atomic mass is 10.2. The molecule has 15 heavy (non-hydrogen) atoms. The van der Waals surface area contributed by atoms with E-state index < -0.39 is 0 Å². The molecule has 2 fully saturated rings. The second kappa shape index (κ2) is 4.03. The van der Waals surface area contributed by atoms with Crippen LogP contribution in [0.15, 0.2) is 0 Å². The summed E-state index contributed by atoms with van der Waals surface area (Å²) in [6, 6.07) is 0.194. The van der Waals surface area contributed by atoms with E-state index >= 15 is 0 Å². The van der Waals surface area contributed by atoms with E-state index in [-0.39, 0.29) is 18.0 Å². The number of nitrogens with two attached hydrogens (primary N) is 1. The molecular weight excluding hydrogens is 198 g/mol. The van der Waals surface area contributed by atoms with Crippen molar-refractivity contribution in [1.29, 1.82) is 0 Å². The number of rotatable bonds is 2. The Morgan fingerprint density at radius 3 is 3.13 bits per heavy atom. The standard InChI is InChI=1S/C8H15N5O2/c9-11-7(14)5-12-1-2-13-6(4-12)3-10-8(13)15/h6H,1-5,9H2,(H,10,15)(H,11,14). The molecule has 7 heteroatoms. The first-order valence-electron chi connectivity index (χ1n) is 4.97. The number of amides is 3. The number of hydrogen-bond acceptors (Lipinski definition) is 4. The first-order chi connectivity index (χ1) is 7.20. The van der Waals surface area contributed by atoms with E-state index in [1.807, 2.05) is 9.80 Å². The monoisotopic (exact) mass is 213 g/mol. The van der Waals surface area contributed by atoms with E-state index in [0.29, 0.717) is 19.6 Å². The molecule has 0 aromatic rings. The van der Waals surface area contributed by atoms with Crippen molar-refractivity contribution in [2.24, 2.45) is 5.84 Å². The third kappa shape index (κ3) is 2.02. The zero-order chi connectivity index (χ0) is 10.8. The van der Waals surface area contributed by atoms with Gasteiger partial charge in [0.1, 0.15) is 0 Å². The van der Waals surface area contributed by atoms with Crippen LogP contribution in [0.4, 0.5) is 4.79 Å². The number of hydrazine groups is 1. The third-order valence-corrected chi connectivity index (χ3v) is 2.84. The summed E-state index contributed by atoms with van der Waals surface area (Å²) in [6.07, 6.45) is 0. The van der Waals surface area contributed by atoms with Gasteiger partial charge in [0.2, 0.25) is 5.91 Å². The van der Waals surface area contributed by atoms with Crippen LogP contribution in [0.2, 0.25) is 0 Å². The van der Waals surface area contributed by atoms with E-state index in [1.54, 1.807) is 0 Å². The lowest BCUT2D eigenvalue weighted by molar-refractivity contribution is -0.122. The van der Waals surface area contributed by atoms with Crippen LogP contribution in [0.25, 0.3) is 0 Å². The zero-order valence-corrected chi connectivity index (χ0v) is 8.40. The number of nitrogens with zero attached hydrogens (tertiary/aromatic N) is 2. The second-order valence-electron chi connectivity index (χ2n) is 3.84. The summed E-state index contributed by atoms with van der Waals surface area (Å²) < 4.78 is 0. The molecule has 1 unspecified atom stereocenters. The van der Waals surface area contributed by atoms with Crippen molar-refractivity contribution in [3.8, 4) is 0 Å². The first kappa shape index (κ1) is 10.2. The number of hydrogen-bond donors (Lipinski definition) is 3. The van der Waals surface area contributed by atoms with Crippen LogP contribution in [0.3, 0.4) is 0 Å². The molecule has 0 bridgehead atoms. The van der Waals surface area contributed by atoms with Gasteiger partial charge < -0.3 is 10.2 Å². The second-order valence-corrected chi connectivity index (χ2v) is 3.84. The van der Waals surface area contributed by atoms with Crippen LogP contribution in [-0.4, -0.2) is 60.5 Å². The summed E-state index contributed by atoms with van der Waals surface area (Å²) in [5, 5.41) is 2.78. The van der Waals surface area contributed by atoms with Gasteiger partial charge in [-0.2, -0.15) is 0 Å². The number of carbonyl (C=O) groups is 2. The highest BCUT2D eigenvalue weighted by molar-refractivity contribution is 5.78. The maximum atomic E-state index is 11.3. The molecule has 1 atom stereocenters. The third-order valence-electron chi connectivity index (χ3n) is 2.84. The quantitative estimate of drug-likeness (QED) is 0.273. The number of fused-ring (bicyclic) bond motifs is 1. The minimum absolute atomic E-state index is 0.00271. The molecule has 2 rings (SSSR count). The van der Waals surface area contributed by atoms with Gasteiger partial charge in [0.25, 0.3) is 0 Å². The average Bonchev–Trinajstić information content (AvgIpc) is 2.60. The Labute approximate surface area is 87.5 Å². The summed E-state index contributed by atoms with van der Waals surface area (Å²) in [5.41, 5.74) is 2.10. The lowest BCUT2D eigenvalue weighted by Gasteiger charge is -2.35. The molecule has 3 amide bonds. The average molecular weight is 213 g/mol. The molecule has 0 aromatic heterocycles. The van der Waals surface area contributed by atoms with Crippen molar-refractivity contribution < 1.29 is 9.59 Å². The molecule has 2 aliphatic rings. The summed E-state index contributed by atoms with van der Waals surface area (Å²) >= 11 is 0. The Kier molecular flexibility index (Phi) is 2.74. The number of piperazine rings is 1. The van der Waals surface area contributed by atoms with Crippen LogP contribution >= 0.6 is 0 Å². The van der Waals surface area contributed by atoms with E-state index in [4.69, 9.17) is 5.84 Å². The largest absolute Gasteiger partial charge is 0.336 e. The topological polar surface area (TPSA) is 90.7 Å². The van der Waals surface area contributed by atoms with Crippen molar-refractivity contribution in [1.82, 2.24) is 20.5 Å². The Morgan fingerprint density at radius 2 is 2.40 bits per heavy atom. The summed E-state index contributed by atoms with van der Waals surface area (Å²) in [6.45, 7) is 3.09. The van der Waals surface area contributed by atoms with Gasteiger partial charge in [-0.25, -0.2) is 10.6 Å². The van der Waals surface area contributed by atoms with E-state index in [9.17, 15) is 9.59 Å². The predicted octanol–water partition coefficient (Wildman–Crippen LogP) is -2.31. The van der Waals surface area contributed by atoms with E-state index in [1.165, 1.54) is 0 Å². The highest BCUT2D eigenvalue weighted by Gasteiger charge is 2.35. The Morgan fingerprint density at radius 1 is 1.60 bits per heavy atom. The van der Waals surface area contributed by atoms with Crippen LogP contribution in [-0.2, 0) is 4.79 Å². The van der Waals surface area contributed by atoms with Crippen LogP contribution < -0.4 is 16.6 Å². The fourth-order valence-electron chi connectivity index (χ4n) is 2.06. The van der Waals surface area contributed by atoms with Gasteiger partial charge in [0.05, 0.1) is 12.6 Å². The van der Waals surface area contributed by atoms with Crippen molar-refractivity contribution in [2.45, 2.75) is 6.04 Å². The molecule has 0 aliphatic carbocycles. The van der Waals surface area contributed by atoms with Gasteiger partial charge >= 0.3 is 6.03 Å². The first-order valence-corrected chi connectivity index (χ1v) is 4.97. The Bertz CT molecular complexity index is 282. The smallest absolute Gasteiger partial charge is 0.317 e. The molecule has 4 N–H and O–H groups in total. The van der Waals surface area contributed by atoms with E-state index in [0.717, 1.165) is 13.1 Å². The summed E-state index contributed by atoms with van der Waals surface area (Å²) in [5.74, 6) is 4.82. The van der Waals surface area contributed by atoms with Crippen molar-refractivity contribution in [3.05, 3.63) is 0 Å². The maximum Gasteiger partial charge on any atom is 0.317 e. The van der Waals surface area contributed by atoms with Gasteiger partial charge in [-0.15, -0.1) is 0 Å². The minimum atomic E-state index is -0.194. The lowest BCUT2D eigenvalue weighted by Crippen LogP contribution is -2.54. The molecule has 0 aromatic carbocycles. The van der Waals surface area contributed by atoms with Crippen molar-refractivity contribution in [3.63, 3.8) is 0 Å². The molecule has 0 spiro atoms. The molecule has 7 nitrogen and oxygen atoms in total. The van der Waals surface area contributed by atoms with Crippen LogP contribution in [0.5, 0.6) is 0 Å². The van der Waals surface area contributed by atoms with Gasteiger partial charge in [0.15, 0.2) is 0 Å². The molecule has 0 radical (unpaired) electrons. The number of urea groups is 1. The predicted molar refractivity (Wildman–Crippen MR) is 52.7 cm³/mol. The Hall–Kier alpha value is -1.34. The summed E-state index contributed by atoms with van der Waals surface area (Å²) in [7, 11) is 0. The molecular formula is C8H15N5O2. The number of carbonyl (C=O) groups excluding carboxylic acids is 2. The molecule has 84 valence electrons. The Balaban J connectivity index is 1.88. The van der Waals surface area contributed by atoms with Crippen LogP contribution in [0, 0.1) is 0 Å². The maximum absolute atomic E-state index is 11.3. The molecule has 2 aliphatic heterocycles. The highest BCUT2D eigenvalue weighted by atomic mass is 16.2. The minimum Gasteiger partial charge on any atom is -0.336 e. The van der Waals surface area contributed by atoms with Crippen molar-refractivity contribution in [2.75, 3.05) is 32.7 Å². The molecule has 0 saturated carbocycles. The van der Waals surface area contributed by atoms with Gasteiger partial charge in [0, 0.05) is 26.2 Å². The molecule has 2 heterocycles.